The van der Waals surface area contributed by atoms with Crippen molar-refractivity contribution in [3.05, 3.63) is 64.1 Å². The highest BCUT2D eigenvalue weighted by molar-refractivity contribution is 7.93. The standard InChI is InChI=1S/C19H19NO4S/c21-25(22,17-7-6-15-3-1-2-4-16(15)12-17)20-10-9-14-5-8-18-19(11-14)24-13-23-18/h1-5,8,11-12,20H,6-7,9-10,13H2. The van der Waals surface area contributed by atoms with Crippen molar-refractivity contribution in [2.45, 2.75) is 19.3 Å². The Morgan fingerprint density at radius 3 is 2.76 bits per heavy atom. The van der Waals surface area contributed by atoms with Gasteiger partial charge in [-0.3, -0.25) is 0 Å². The van der Waals surface area contributed by atoms with Crippen molar-refractivity contribution < 1.29 is 17.9 Å². The predicted molar refractivity (Wildman–Crippen MR) is 95.9 cm³/mol. The van der Waals surface area contributed by atoms with E-state index >= 15 is 0 Å². The molecule has 2 aromatic rings. The SMILES string of the molecule is O=S(=O)(NCCc1ccc2c(c1)OCO2)C1=Cc2ccccc2CC1. The molecule has 1 aliphatic carbocycles. The van der Waals surface area contributed by atoms with Crippen LogP contribution in [0.25, 0.3) is 6.08 Å². The number of nitrogens with one attached hydrogen (secondary N) is 1. The van der Waals surface area contributed by atoms with Gasteiger partial charge in [0.2, 0.25) is 16.8 Å². The van der Waals surface area contributed by atoms with Gasteiger partial charge in [0.15, 0.2) is 11.5 Å². The maximum absolute atomic E-state index is 12.5. The molecule has 1 heterocycles. The molecule has 0 bridgehead atoms. The van der Waals surface area contributed by atoms with Crippen LogP contribution in [0.3, 0.4) is 0 Å². The first-order valence-electron chi connectivity index (χ1n) is 8.28. The molecule has 0 amide bonds. The molecule has 1 aliphatic heterocycles. The first kappa shape index (κ1) is 16.2. The molecule has 4 rings (SSSR count). The molecule has 25 heavy (non-hydrogen) atoms. The number of sulfonamides is 1. The van der Waals surface area contributed by atoms with Crippen LogP contribution in [-0.2, 0) is 22.9 Å². The van der Waals surface area contributed by atoms with E-state index in [4.69, 9.17) is 9.47 Å². The van der Waals surface area contributed by atoms with Crippen molar-refractivity contribution >= 4 is 16.1 Å². The lowest BCUT2D eigenvalue weighted by Crippen LogP contribution is -2.28. The minimum Gasteiger partial charge on any atom is -0.454 e. The zero-order valence-electron chi connectivity index (χ0n) is 13.7. The Morgan fingerprint density at radius 1 is 1.00 bits per heavy atom. The zero-order chi connectivity index (χ0) is 17.3. The number of ether oxygens (including phenoxy) is 2. The second kappa shape index (κ2) is 6.54. The largest absolute Gasteiger partial charge is 0.454 e. The average Bonchev–Trinajstić information content (AvgIpc) is 3.09. The quantitative estimate of drug-likeness (QED) is 0.894. The minimum absolute atomic E-state index is 0.237. The lowest BCUT2D eigenvalue weighted by atomic mass is 9.98. The van der Waals surface area contributed by atoms with Gasteiger partial charge in [-0.1, -0.05) is 30.3 Å². The number of fused-ring (bicyclic) bond motifs is 2. The van der Waals surface area contributed by atoms with E-state index in [-0.39, 0.29) is 6.79 Å². The Labute approximate surface area is 147 Å². The second-order valence-corrected chi connectivity index (χ2v) is 7.96. The molecule has 6 heteroatoms. The van der Waals surface area contributed by atoms with E-state index in [9.17, 15) is 8.42 Å². The molecule has 130 valence electrons. The van der Waals surface area contributed by atoms with E-state index in [0.29, 0.717) is 30.0 Å². The summed E-state index contributed by atoms with van der Waals surface area (Å²) in [6.07, 6.45) is 3.67. The highest BCUT2D eigenvalue weighted by atomic mass is 32.2. The summed E-state index contributed by atoms with van der Waals surface area (Å²) in [6, 6.07) is 13.6. The third kappa shape index (κ3) is 3.41. The van der Waals surface area contributed by atoms with Crippen LogP contribution in [0.1, 0.15) is 23.1 Å². The summed E-state index contributed by atoms with van der Waals surface area (Å²) in [7, 11) is -3.45. The molecule has 0 radical (unpaired) electrons. The molecular weight excluding hydrogens is 338 g/mol. The van der Waals surface area contributed by atoms with Crippen LogP contribution in [0.2, 0.25) is 0 Å². The van der Waals surface area contributed by atoms with Gasteiger partial charge in [0, 0.05) is 6.54 Å². The summed E-state index contributed by atoms with van der Waals surface area (Å²) in [4.78, 5) is 0.455. The Morgan fingerprint density at radius 2 is 1.84 bits per heavy atom. The third-order valence-corrected chi connectivity index (χ3v) is 6.10. The maximum atomic E-state index is 12.5. The van der Waals surface area contributed by atoms with E-state index in [0.717, 1.165) is 23.3 Å². The Hall–Kier alpha value is -2.31. The molecular formula is C19H19NO4S. The molecule has 0 saturated heterocycles. The van der Waals surface area contributed by atoms with Gasteiger partial charge in [0.05, 0.1) is 4.91 Å². The molecule has 0 aromatic heterocycles. The monoisotopic (exact) mass is 357 g/mol. The number of hydrogen-bond donors (Lipinski definition) is 1. The fourth-order valence-corrected chi connectivity index (χ4v) is 4.35. The molecule has 0 atom stereocenters. The molecule has 2 aromatic carbocycles. The zero-order valence-corrected chi connectivity index (χ0v) is 14.5. The maximum Gasteiger partial charge on any atom is 0.236 e. The fraction of sp³-hybridized carbons (Fsp3) is 0.263. The molecule has 0 unspecified atom stereocenters. The summed E-state index contributed by atoms with van der Waals surface area (Å²) < 4.78 is 38.4. The molecule has 0 saturated carbocycles. The smallest absolute Gasteiger partial charge is 0.236 e. The third-order valence-electron chi connectivity index (χ3n) is 4.50. The molecule has 5 nitrogen and oxygen atoms in total. The highest BCUT2D eigenvalue weighted by Gasteiger charge is 2.21. The fourth-order valence-electron chi connectivity index (χ4n) is 3.14. The Kier molecular flexibility index (Phi) is 4.23. The lowest BCUT2D eigenvalue weighted by Gasteiger charge is -2.17. The summed E-state index contributed by atoms with van der Waals surface area (Å²) in [6.45, 7) is 0.585. The molecule has 1 N–H and O–H groups in total. The van der Waals surface area contributed by atoms with Crippen LogP contribution in [0.15, 0.2) is 47.4 Å². The average molecular weight is 357 g/mol. The molecule has 0 fully saturated rings. The van der Waals surface area contributed by atoms with Crippen molar-refractivity contribution in [1.29, 1.82) is 0 Å². The van der Waals surface area contributed by atoms with Gasteiger partial charge in [-0.15, -0.1) is 0 Å². The van der Waals surface area contributed by atoms with Crippen LogP contribution in [0, 0.1) is 0 Å². The molecule has 0 spiro atoms. The van der Waals surface area contributed by atoms with Gasteiger partial charge in [0.1, 0.15) is 0 Å². The van der Waals surface area contributed by atoms with Crippen molar-refractivity contribution in [1.82, 2.24) is 4.72 Å². The van der Waals surface area contributed by atoms with Crippen molar-refractivity contribution in [3.8, 4) is 11.5 Å². The number of hydrogen-bond acceptors (Lipinski definition) is 4. The van der Waals surface area contributed by atoms with Gasteiger partial charge in [0.25, 0.3) is 0 Å². The first-order chi connectivity index (χ1) is 12.1. The molecule has 2 aliphatic rings. The lowest BCUT2D eigenvalue weighted by molar-refractivity contribution is 0.174. The van der Waals surface area contributed by atoms with E-state index < -0.39 is 10.0 Å². The van der Waals surface area contributed by atoms with E-state index in [1.54, 1.807) is 6.08 Å². The first-order valence-corrected chi connectivity index (χ1v) is 9.77. The Balaban J connectivity index is 1.41. The number of allylic oxidation sites excluding steroid dienone is 1. The van der Waals surface area contributed by atoms with Gasteiger partial charge in [-0.2, -0.15) is 0 Å². The minimum atomic E-state index is -3.45. The topological polar surface area (TPSA) is 64.6 Å². The van der Waals surface area contributed by atoms with E-state index in [2.05, 4.69) is 4.72 Å². The van der Waals surface area contributed by atoms with Crippen LogP contribution in [-0.4, -0.2) is 21.8 Å². The summed E-state index contributed by atoms with van der Waals surface area (Å²) in [5.41, 5.74) is 3.20. The van der Waals surface area contributed by atoms with Crippen molar-refractivity contribution in [2.24, 2.45) is 0 Å². The number of aryl methyl sites for hydroxylation is 1. The van der Waals surface area contributed by atoms with Crippen LogP contribution in [0.5, 0.6) is 11.5 Å². The van der Waals surface area contributed by atoms with Gasteiger partial charge >= 0.3 is 0 Å². The normalized spacial score (nSPS) is 15.6. The summed E-state index contributed by atoms with van der Waals surface area (Å²) >= 11 is 0. The van der Waals surface area contributed by atoms with Crippen LogP contribution >= 0.6 is 0 Å². The van der Waals surface area contributed by atoms with Gasteiger partial charge < -0.3 is 9.47 Å². The summed E-state index contributed by atoms with van der Waals surface area (Å²) in [5, 5.41) is 0. The van der Waals surface area contributed by atoms with Gasteiger partial charge in [-0.25, -0.2) is 13.1 Å². The highest BCUT2D eigenvalue weighted by Crippen LogP contribution is 2.32. The number of benzene rings is 2. The van der Waals surface area contributed by atoms with E-state index in [1.807, 2.05) is 42.5 Å². The van der Waals surface area contributed by atoms with Crippen molar-refractivity contribution in [2.75, 3.05) is 13.3 Å². The predicted octanol–water partition coefficient (Wildman–Crippen LogP) is 2.86. The summed E-state index contributed by atoms with van der Waals surface area (Å²) in [5.74, 6) is 1.45. The van der Waals surface area contributed by atoms with Gasteiger partial charge in [-0.05, 0) is 54.2 Å². The van der Waals surface area contributed by atoms with E-state index in [1.165, 1.54) is 5.56 Å². The second-order valence-electron chi connectivity index (χ2n) is 6.14. The van der Waals surface area contributed by atoms with Crippen LogP contribution in [0.4, 0.5) is 0 Å². The van der Waals surface area contributed by atoms with Crippen LogP contribution < -0.4 is 14.2 Å². The number of rotatable bonds is 5. The Bertz CT molecular complexity index is 934. The van der Waals surface area contributed by atoms with Crippen molar-refractivity contribution in [3.63, 3.8) is 0 Å².